The van der Waals surface area contributed by atoms with Crippen LogP contribution in [-0.4, -0.2) is 11.9 Å². The normalized spacial score (nSPS) is 20.1. The third-order valence-electron chi connectivity index (χ3n) is 3.84. The second-order valence-corrected chi connectivity index (χ2v) is 5.42. The van der Waals surface area contributed by atoms with Gasteiger partial charge in [-0.25, -0.2) is 4.39 Å². The van der Waals surface area contributed by atoms with Crippen molar-refractivity contribution in [2.24, 2.45) is 5.73 Å². The number of rotatable bonds is 3. The molecule has 3 rings (SSSR count). The van der Waals surface area contributed by atoms with Gasteiger partial charge in [-0.2, -0.15) is 0 Å². The maximum absolute atomic E-state index is 13.1. The number of hydrogen-bond donors (Lipinski definition) is 2. The predicted molar refractivity (Wildman–Crippen MR) is 79.1 cm³/mol. The summed E-state index contributed by atoms with van der Waals surface area (Å²) < 4.78 is 13.1. The molecule has 0 aliphatic heterocycles. The van der Waals surface area contributed by atoms with Crippen LogP contribution in [0.25, 0.3) is 0 Å². The highest BCUT2D eigenvalue weighted by atomic mass is 19.1. The molecule has 2 unspecified atom stereocenters. The van der Waals surface area contributed by atoms with Crippen molar-refractivity contribution in [3.8, 4) is 0 Å². The van der Waals surface area contributed by atoms with E-state index < -0.39 is 0 Å². The fourth-order valence-electron chi connectivity index (χ4n) is 2.87. The second-order valence-electron chi connectivity index (χ2n) is 5.42. The number of benzene rings is 2. The molecule has 2 aromatic rings. The van der Waals surface area contributed by atoms with E-state index in [9.17, 15) is 9.18 Å². The first-order valence-electron chi connectivity index (χ1n) is 7.00. The standard InChI is InChI=1S/C17H17FN2O/c18-13-6-3-4-11(8-13)9-16(21)20-17-14-7-2-1-5-12(14)10-15(17)19/h1-8,15,17H,9-10,19H2,(H,20,21). The Labute approximate surface area is 123 Å². The topological polar surface area (TPSA) is 55.1 Å². The van der Waals surface area contributed by atoms with Crippen LogP contribution in [0.5, 0.6) is 0 Å². The molecule has 0 radical (unpaired) electrons. The Morgan fingerprint density at radius 2 is 2.05 bits per heavy atom. The number of nitrogens with one attached hydrogen (secondary N) is 1. The van der Waals surface area contributed by atoms with Gasteiger partial charge in [0, 0.05) is 6.04 Å². The summed E-state index contributed by atoms with van der Waals surface area (Å²) in [6.07, 6.45) is 0.921. The van der Waals surface area contributed by atoms with Crippen LogP contribution in [0.3, 0.4) is 0 Å². The zero-order valence-corrected chi connectivity index (χ0v) is 11.6. The van der Waals surface area contributed by atoms with Gasteiger partial charge in [-0.05, 0) is 35.2 Å². The minimum Gasteiger partial charge on any atom is -0.347 e. The Kier molecular flexibility index (Phi) is 3.71. The summed E-state index contributed by atoms with van der Waals surface area (Å²) in [5, 5.41) is 2.97. The van der Waals surface area contributed by atoms with Crippen molar-refractivity contribution in [1.29, 1.82) is 0 Å². The Bertz CT molecular complexity index is 671. The molecule has 0 saturated heterocycles. The van der Waals surface area contributed by atoms with Crippen molar-refractivity contribution in [3.63, 3.8) is 0 Å². The first-order chi connectivity index (χ1) is 10.1. The van der Waals surface area contributed by atoms with Gasteiger partial charge < -0.3 is 11.1 Å². The summed E-state index contributed by atoms with van der Waals surface area (Å²) in [4.78, 5) is 12.1. The highest BCUT2D eigenvalue weighted by molar-refractivity contribution is 5.79. The minimum atomic E-state index is -0.330. The van der Waals surface area contributed by atoms with Gasteiger partial charge in [-0.15, -0.1) is 0 Å². The maximum Gasteiger partial charge on any atom is 0.224 e. The summed E-state index contributed by atoms with van der Waals surface area (Å²) in [5.74, 6) is -0.471. The average Bonchev–Trinajstić information content (AvgIpc) is 2.75. The Morgan fingerprint density at radius 1 is 1.24 bits per heavy atom. The van der Waals surface area contributed by atoms with E-state index in [0.29, 0.717) is 5.56 Å². The molecule has 21 heavy (non-hydrogen) atoms. The van der Waals surface area contributed by atoms with E-state index in [2.05, 4.69) is 5.32 Å². The number of halogens is 1. The van der Waals surface area contributed by atoms with Gasteiger partial charge >= 0.3 is 0 Å². The zero-order chi connectivity index (χ0) is 14.8. The van der Waals surface area contributed by atoms with E-state index in [-0.39, 0.29) is 30.2 Å². The summed E-state index contributed by atoms with van der Waals surface area (Å²) in [7, 11) is 0. The first-order valence-corrected chi connectivity index (χ1v) is 7.00. The highest BCUT2D eigenvalue weighted by Crippen LogP contribution is 2.30. The number of carbonyl (C=O) groups excluding carboxylic acids is 1. The molecular formula is C17H17FN2O. The van der Waals surface area contributed by atoms with E-state index in [1.165, 1.54) is 17.7 Å². The fourth-order valence-corrected chi connectivity index (χ4v) is 2.87. The Morgan fingerprint density at radius 3 is 2.86 bits per heavy atom. The molecule has 1 amide bonds. The van der Waals surface area contributed by atoms with Crippen molar-refractivity contribution in [1.82, 2.24) is 5.32 Å². The molecule has 0 fully saturated rings. The van der Waals surface area contributed by atoms with Crippen molar-refractivity contribution in [3.05, 3.63) is 71.0 Å². The van der Waals surface area contributed by atoms with E-state index in [4.69, 9.17) is 5.73 Å². The molecule has 3 nitrogen and oxygen atoms in total. The number of hydrogen-bond acceptors (Lipinski definition) is 2. The molecular weight excluding hydrogens is 267 g/mol. The summed E-state index contributed by atoms with van der Waals surface area (Å²) in [5.41, 5.74) is 9.04. The van der Waals surface area contributed by atoms with Crippen LogP contribution in [0.1, 0.15) is 22.7 Å². The number of fused-ring (bicyclic) bond motifs is 1. The van der Waals surface area contributed by atoms with Crippen molar-refractivity contribution >= 4 is 5.91 Å². The smallest absolute Gasteiger partial charge is 0.224 e. The molecule has 0 aromatic heterocycles. The monoisotopic (exact) mass is 284 g/mol. The molecule has 1 aliphatic rings. The fraction of sp³-hybridized carbons (Fsp3) is 0.235. The summed E-state index contributed by atoms with van der Waals surface area (Å²) in [6.45, 7) is 0. The lowest BCUT2D eigenvalue weighted by atomic mass is 10.1. The average molecular weight is 284 g/mol. The van der Waals surface area contributed by atoms with E-state index in [1.54, 1.807) is 12.1 Å². The van der Waals surface area contributed by atoms with E-state index in [1.807, 2.05) is 24.3 Å². The Hall–Kier alpha value is -2.20. The molecule has 108 valence electrons. The van der Waals surface area contributed by atoms with Gasteiger partial charge in [0.2, 0.25) is 5.91 Å². The van der Waals surface area contributed by atoms with Gasteiger partial charge in [-0.3, -0.25) is 4.79 Å². The van der Waals surface area contributed by atoms with Crippen LogP contribution in [0, 0.1) is 5.82 Å². The zero-order valence-electron chi connectivity index (χ0n) is 11.6. The molecule has 4 heteroatoms. The molecule has 0 spiro atoms. The van der Waals surface area contributed by atoms with Gasteiger partial charge in [0.05, 0.1) is 12.5 Å². The second kappa shape index (κ2) is 5.66. The maximum atomic E-state index is 13.1. The van der Waals surface area contributed by atoms with Crippen LogP contribution in [0.15, 0.2) is 48.5 Å². The SMILES string of the molecule is NC1Cc2ccccc2C1NC(=O)Cc1cccc(F)c1. The lowest BCUT2D eigenvalue weighted by molar-refractivity contribution is -0.121. The van der Waals surface area contributed by atoms with Crippen LogP contribution in [-0.2, 0) is 17.6 Å². The molecule has 0 bridgehead atoms. The van der Waals surface area contributed by atoms with E-state index in [0.717, 1.165) is 12.0 Å². The van der Waals surface area contributed by atoms with Crippen molar-refractivity contribution < 1.29 is 9.18 Å². The Balaban J connectivity index is 1.70. The third kappa shape index (κ3) is 2.95. The van der Waals surface area contributed by atoms with Crippen LogP contribution in [0.2, 0.25) is 0 Å². The summed E-state index contributed by atoms with van der Waals surface area (Å²) >= 11 is 0. The summed E-state index contributed by atoms with van der Waals surface area (Å²) in [6, 6.07) is 13.8. The molecule has 0 saturated carbocycles. The van der Waals surface area contributed by atoms with E-state index >= 15 is 0 Å². The molecule has 2 aromatic carbocycles. The van der Waals surface area contributed by atoms with Crippen molar-refractivity contribution in [2.75, 3.05) is 0 Å². The number of amides is 1. The number of carbonyl (C=O) groups is 1. The van der Waals surface area contributed by atoms with Gasteiger partial charge in [0.1, 0.15) is 5.82 Å². The molecule has 1 aliphatic carbocycles. The van der Waals surface area contributed by atoms with Gasteiger partial charge in [0.25, 0.3) is 0 Å². The lowest BCUT2D eigenvalue weighted by Crippen LogP contribution is -2.39. The largest absolute Gasteiger partial charge is 0.347 e. The third-order valence-corrected chi connectivity index (χ3v) is 3.84. The van der Waals surface area contributed by atoms with Gasteiger partial charge in [-0.1, -0.05) is 36.4 Å². The highest BCUT2D eigenvalue weighted by Gasteiger charge is 2.30. The molecule has 3 N–H and O–H groups in total. The van der Waals surface area contributed by atoms with Crippen molar-refractivity contribution in [2.45, 2.75) is 24.9 Å². The number of nitrogens with two attached hydrogens (primary N) is 1. The lowest BCUT2D eigenvalue weighted by Gasteiger charge is -2.18. The van der Waals surface area contributed by atoms with Crippen LogP contribution < -0.4 is 11.1 Å². The van der Waals surface area contributed by atoms with Crippen LogP contribution >= 0.6 is 0 Å². The van der Waals surface area contributed by atoms with Gasteiger partial charge in [0.15, 0.2) is 0 Å². The molecule has 2 atom stereocenters. The first kappa shape index (κ1) is 13.8. The minimum absolute atomic E-state index is 0.112. The van der Waals surface area contributed by atoms with Crippen LogP contribution in [0.4, 0.5) is 4.39 Å². The quantitative estimate of drug-likeness (QED) is 0.907. The predicted octanol–water partition coefficient (Wildman–Crippen LogP) is 2.11. The molecule has 0 heterocycles.